The van der Waals surface area contributed by atoms with Crippen LogP contribution in [0.2, 0.25) is 0 Å². The number of nitrogens with two attached hydrogens (primary N) is 1. The summed E-state index contributed by atoms with van der Waals surface area (Å²) in [6.45, 7) is 0. The number of hydrogen-bond acceptors (Lipinski definition) is 1. The molecule has 0 aromatic heterocycles. The van der Waals surface area contributed by atoms with Crippen LogP contribution in [0.15, 0.2) is 0 Å². The van der Waals surface area contributed by atoms with Crippen molar-refractivity contribution in [3.8, 4) is 0 Å². The Labute approximate surface area is 63.2 Å². The topological polar surface area (TPSA) is 26.0 Å². The molecule has 0 aromatic carbocycles. The molecule has 0 aliphatic heterocycles. The van der Waals surface area contributed by atoms with Gasteiger partial charge in [-0.3, -0.25) is 0 Å². The Morgan fingerprint density at radius 3 is 1.75 bits per heavy atom. The summed E-state index contributed by atoms with van der Waals surface area (Å²) in [6.07, 6.45) is 6.66. The Hall–Kier alpha value is 0.557. The molecule has 0 heterocycles. The maximum absolute atomic E-state index is 5.63. The molecule has 1 aliphatic carbocycles. The van der Waals surface area contributed by atoms with Gasteiger partial charge in [0.15, 0.2) is 0 Å². The summed E-state index contributed by atoms with van der Waals surface area (Å²) in [5.74, 6) is 0. The van der Waals surface area contributed by atoms with Crippen molar-refractivity contribution in [3.05, 3.63) is 0 Å². The predicted octanol–water partition coefficient (Wildman–Crippen LogP) is 0.629. The van der Waals surface area contributed by atoms with E-state index in [2.05, 4.69) is 0 Å². The Morgan fingerprint density at radius 2 is 1.50 bits per heavy atom. The molecular weight excluding hydrogens is 93.0 g/mol. The van der Waals surface area contributed by atoms with Crippen LogP contribution >= 0.6 is 0 Å². The molecule has 0 unspecified atom stereocenters. The monoisotopic (exact) mass is 107 g/mol. The van der Waals surface area contributed by atoms with Gasteiger partial charge in [-0.2, -0.15) is 0 Å². The van der Waals surface area contributed by atoms with Crippen LogP contribution in [0.25, 0.3) is 0 Å². The zero-order valence-corrected chi connectivity index (χ0v) is 4.69. The Morgan fingerprint density at radius 1 is 1.00 bits per heavy atom. The summed E-state index contributed by atoms with van der Waals surface area (Å²) in [6, 6.07) is 0.536. The molecule has 44 valence electrons. The van der Waals surface area contributed by atoms with Crippen LogP contribution in [-0.4, -0.2) is 24.9 Å². The van der Waals surface area contributed by atoms with Gasteiger partial charge in [-0.1, -0.05) is 19.3 Å². The molecular formula is C6H14LiN. The normalized spacial score (nSPS) is 22.1. The SMILES string of the molecule is NC1CCCCC1.[LiH]. The maximum atomic E-state index is 5.63. The molecule has 0 amide bonds. The summed E-state index contributed by atoms with van der Waals surface area (Å²) in [4.78, 5) is 0. The third-order valence-electron chi connectivity index (χ3n) is 1.65. The molecule has 8 heavy (non-hydrogen) atoms. The van der Waals surface area contributed by atoms with E-state index in [1.807, 2.05) is 0 Å². The molecule has 0 aromatic rings. The van der Waals surface area contributed by atoms with Gasteiger partial charge in [-0.05, 0) is 12.8 Å². The predicted molar refractivity (Wildman–Crippen MR) is 38.2 cm³/mol. The van der Waals surface area contributed by atoms with Crippen LogP contribution in [0.5, 0.6) is 0 Å². The van der Waals surface area contributed by atoms with Gasteiger partial charge in [0.05, 0.1) is 0 Å². The van der Waals surface area contributed by atoms with Gasteiger partial charge in [-0.25, -0.2) is 0 Å². The van der Waals surface area contributed by atoms with E-state index in [0.717, 1.165) is 0 Å². The van der Waals surface area contributed by atoms with Crippen molar-refractivity contribution in [2.45, 2.75) is 38.1 Å². The Bertz CT molecular complexity index is 50.5. The van der Waals surface area contributed by atoms with Gasteiger partial charge < -0.3 is 5.73 Å². The van der Waals surface area contributed by atoms with Crippen LogP contribution in [0.3, 0.4) is 0 Å². The van der Waals surface area contributed by atoms with Crippen LogP contribution < -0.4 is 5.73 Å². The van der Waals surface area contributed by atoms with Gasteiger partial charge in [0.2, 0.25) is 0 Å². The Kier molecular flexibility index (Phi) is 4.75. The van der Waals surface area contributed by atoms with E-state index in [-0.39, 0.29) is 18.9 Å². The van der Waals surface area contributed by atoms with Crippen molar-refractivity contribution >= 4 is 18.9 Å². The molecule has 0 atom stereocenters. The fourth-order valence-electron chi connectivity index (χ4n) is 1.13. The second-order valence-electron chi connectivity index (χ2n) is 2.40. The van der Waals surface area contributed by atoms with Crippen molar-refractivity contribution in [3.63, 3.8) is 0 Å². The summed E-state index contributed by atoms with van der Waals surface area (Å²) in [7, 11) is 0. The fraction of sp³-hybridized carbons (Fsp3) is 1.00. The first-order chi connectivity index (χ1) is 3.39. The molecule has 0 bridgehead atoms. The first kappa shape index (κ1) is 8.56. The standard InChI is InChI=1S/C6H13N.Li.H/c7-6-4-2-1-3-5-6;;/h6H,1-5,7H2;;. The van der Waals surface area contributed by atoms with Crippen molar-refractivity contribution in [1.82, 2.24) is 0 Å². The molecule has 2 heteroatoms. The second-order valence-corrected chi connectivity index (χ2v) is 2.40. The summed E-state index contributed by atoms with van der Waals surface area (Å²) >= 11 is 0. The molecule has 0 radical (unpaired) electrons. The average Bonchev–Trinajstić information content (AvgIpc) is 1.69. The van der Waals surface area contributed by atoms with E-state index in [4.69, 9.17) is 5.73 Å². The van der Waals surface area contributed by atoms with E-state index >= 15 is 0 Å². The van der Waals surface area contributed by atoms with Crippen LogP contribution in [0, 0.1) is 0 Å². The van der Waals surface area contributed by atoms with Crippen LogP contribution in [0.4, 0.5) is 0 Å². The van der Waals surface area contributed by atoms with Crippen LogP contribution in [-0.2, 0) is 0 Å². The van der Waals surface area contributed by atoms with Crippen molar-refractivity contribution in [1.29, 1.82) is 0 Å². The minimum absolute atomic E-state index is 0. The van der Waals surface area contributed by atoms with Crippen molar-refractivity contribution in [2.24, 2.45) is 5.73 Å². The first-order valence-electron chi connectivity index (χ1n) is 3.15. The van der Waals surface area contributed by atoms with Gasteiger partial charge in [0.25, 0.3) is 0 Å². The quantitative estimate of drug-likeness (QED) is 0.451. The molecule has 0 saturated heterocycles. The van der Waals surface area contributed by atoms with Gasteiger partial charge in [0, 0.05) is 6.04 Å². The number of hydrogen-bond donors (Lipinski definition) is 1. The zero-order chi connectivity index (χ0) is 5.11. The first-order valence-corrected chi connectivity index (χ1v) is 3.15. The summed E-state index contributed by atoms with van der Waals surface area (Å²) < 4.78 is 0. The van der Waals surface area contributed by atoms with E-state index in [9.17, 15) is 0 Å². The molecule has 1 saturated carbocycles. The minimum atomic E-state index is 0. The fourth-order valence-corrected chi connectivity index (χ4v) is 1.13. The summed E-state index contributed by atoms with van der Waals surface area (Å²) in [5, 5.41) is 0. The number of rotatable bonds is 0. The molecule has 0 spiro atoms. The molecule has 1 fully saturated rings. The summed E-state index contributed by atoms with van der Waals surface area (Å²) in [5.41, 5.74) is 5.63. The second kappa shape index (κ2) is 4.44. The van der Waals surface area contributed by atoms with Gasteiger partial charge >= 0.3 is 18.9 Å². The zero-order valence-electron chi connectivity index (χ0n) is 4.69. The third-order valence-corrected chi connectivity index (χ3v) is 1.65. The Balaban J connectivity index is 0.000000490. The van der Waals surface area contributed by atoms with E-state index in [1.165, 1.54) is 32.1 Å². The molecule has 2 N–H and O–H groups in total. The molecule has 1 rings (SSSR count). The molecule has 1 nitrogen and oxygen atoms in total. The average molecular weight is 107 g/mol. The van der Waals surface area contributed by atoms with Gasteiger partial charge in [-0.15, -0.1) is 0 Å². The van der Waals surface area contributed by atoms with E-state index < -0.39 is 0 Å². The van der Waals surface area contributed by atoms with E-state index in [0.29, 0.717) is 6.04 Å². The van der Waals surface area contributed by atoms with Crippen molar-refractivity contribution < 1.29 is 0 Å². The van der Waals surface area contributed by atoms with Gasteiger partial charge in [0.1, 0.15) is 0 Å². The van der Waals surface area contributed by atoms with E-state index in [1.54, 1.807) is 0 Å². The molecule has 1 aliphatic rings. The third kappa shape index (κ3) is 2.77. The van der Waals surface area contributed by atoms with Crippen molar-refractivity contribution in [2.75, 3.05) is 0 Å². The van der Waals surface area contributed by atoms with Crippen LogP contribution in [0.1, 0.15) is 32.1 Å².